The molecule has 1 amide bonds. The van der Waals surface area contributed by atoms with Crippen LogP contribution in [0.4, 0.5) is 11.4 Å². The quantitative estimate of drug-likeness (QED) is 0.607. The molecule has 8 nitrogen and oxygen atoms in total. The first-order valence-corrected chi connectivity index (χ1v) is 6.07. The number of carbonyl (C=O) groups is 1. The minimum atomic E-state index is -1.41. The van der Waals surface area contributed by atoms with E-state index in [0.29, 0.717) is 30.2 Å². The number of hydrogen-bond donors (Lipinski definition) is 2. The minimum absolute atomic E-state index is 0.298. The number of hydrazone groups is 1. The Bertz CT molecular complexity index is 706. The number of carbonyl (C=O) groups excluding carboxylic acids is 1. The van der Waals surface area contributed by atoms with E-state index in [0.717, 1.165) is 0 Å². The van der Waals surface area contributed by atoms with Crippen molar-refractivity contribution in [1.29, 1.82) is 10.5 Å². The first-order chi connectivity index (χ1) is 10.2. The van der Waals surface area contributed by atoms with Crippen molar-refractivity contribution in [3.05, 3.63) is 23.8 Å². The summed E-state index contributed by atoms with van der Waals surface area (Å²) in [6.45, 7) is 0.658. The van der Waals surface area contributed by atoms with Crippen LogP contribution in [0.1, 0.15) is 5.56 Å². The van der Waals surface area contributed by atoms with Crippen molar-refractivity contribution < 1.29 is 14.3 Å². The first-order valence-electron chi connectivity index (χ1n) is 6.07. The van der Waals surface area contributed by atoms with Gasteiger partial charge in [0, 0.05) is 5.56 Å². The standard InChI is InChI=1S/C13H9N5O3/c14-6-9(7-15)18-17-8-1-2-11-10(5-8)13(12(19)16-11)20-3-4-21-13/h1-2,5,17H,3-4H2,(H,16,19). The molecule has 1 aromatic carbocycles. The normalized spacial score (nSPS) is 17.5. The second-order valence-electron chi connectivity index (χ2n) is 4.32. The Balaban J connectivity index is 1.94. The molecule has 1 fully saturated rings. The Morgan fingerprint density at radius 3 is 2.71 bits per heavy atom. The summed E-state index contributed by atoms with van der Waals surface area (Å²) in [5.41, 5.74) is 3.94. The maximum absolute atomic E-state index is 12.0. The number of ether oxygens (including phenoxy) is 2. The van der Waals surface area contributed by atoms with Gasteiger partial charge in [0.15, 0.2) is 0 Å². The van der Waals surface area contributed by atoms with Gasteiger partial charge in [-0.2, -0.15) is 15.6 Å². The first kappa shape index (κ1) is 13.1. The Morgan fingerprint density at radius 2 is 2.05 bits per heavy atom. The van der Waals surface area contributed by atoms with Crippen LogP contribution >= 0.6 is 0 Å². The maximum Gasteiger partial charge on any atom is 0.289 e. The number of hydrogen-bond acceptors (Lipinski definition) is 7. The largest absolute Gasteiger partial charge is 0.336 e. The second kappa shape index (κ2) is 4.87. The van der Waals surface area contributed by atoms with Crippen LogP contribution in [0.3, 0.4) is 0 Å². The Morgan fingerprint density at radius 1 is 1.33 bits per heavy atom. The number of anilines is 2. The lowest BCUT2D eigenvalue weighted by molar-refractivity contribution is -0.178. The number of fused-ring (bicyclic) bond motifs is 2. The fourth-order valence-electron chi connectivity index (χ4n) is 2.22. The average molecular weight is 283 g/mol. The summed E-state index contributed by atoms with van der Waals surface area (Å²) in [5, 5.41) is 23.6. The highest BCUT2D eigenvalue weighted by Gasteiger charge is 2.52. The van der Waals surface area contributed by atoms with E-state index in [1.54, 1.807) is 30.3 Å². The summed E-state index contributed by atoms with van der Waals surface area (Å²) in [5.74, 6) is -1.78. The lowest BCUT2D eigenvalue weighted by atomic mass is 10.1. The number of nitrogens with zero attached hydrogens (tertiary/aromatic N) is 3. The molecule has 2 aliphatic rings. The SMILES string of the molecule is N#CC(C#N)=NNc1ccc2c(c1)C1(OCCO1)C(=O)N2. The molecule has 2 aliphatic heterocycles. The van der Waals surface area contributed by atoms with E-state index >= 15 is 0 Å². The lowest BCUT2D eigenvalue weighted by Gasteiger charge is -2.19. The molecule has 1 aromatic rings. The van der Waals surface area contributed by atoms with Gasteiger partial charge in [-0.25, -0.2) is 0 Å². The highest BCUT2D eigenvalue weighted by molar-refractivity contribution is 6.10. The lowest BCUT2D eigenvalue weighted by Crippen LogP contribution is -2.35. The molecule has 0 radical (unpaired) electrons. The van der Waals surface area contributed by atoms with E-state index in [-0.39, 0.29) is 11.6 Å². The van der Waals surface area contributed by atoms with Crippen LogP contribution in [0, 0.1) is 22.7 Å². The molecular weight excluding hydrogens is 274 g/mol. The van der Waals surface area contributed by atoms with Gasteiger partial charge in [-0.05, 0) is 18.2 Å². The van der Waals surface area contributed by atoms with Crippen molar-refractivity contribution in [2.75, 3.05) is 24.0 Å². The van der Waals surface area contributed by atoms with Crippen molar-refractivity contribution in [2.24, 2.45) is 5.10 Å². The van der Waals surface area contributed by atoms with Crippen LogP contribution in [0.25, 0.3) is 0 Å². The molecular formula is C13H9N5O3. The molecule has 2 heterocycles. The smallest absolute Gasteiger partial charge is 0.289 e. The second-order valence-corrected chi connectivity index (χ2v) is 4.32. The number of nitrogens with one attached hydrogen (secondary N) is 2. The molecule has 1 spiro atoms. The maximum atomic E-state index is 12.0. The molecule has 2 N–H and O–H groups in total. The van der Waals surface area contributed by atoms with Crippen LogP contribution < -0.4 is 10.7 Å². The van der Waals surface area contributed by atoms with Crippen molar-refractivity contribution in [1.82, 2.24) is 0 Å². The molecule has 1 saturated heterocycles. The molecule has 21 heavy (non-hydrogen) atoms. The third-order valence-electron chi connectivity index (χ3n) is 3.12. The third-order valence-corrected chi connectivity index (χ3v) is 3.12. The Hall–Kier alpha value is -2.94. The van der Waals surface area contributed by atoms with Crippen LogP contribution in [0.15, 0.2) is 23.3 Å². The highest BCUT2D eigenvalue weighted by Crippen LogP contribution is 2.43. The summed E-state index contributed by atoms with van der Waals surface area (Å²) in [6.07, 6.45) is 0. The van der Waals surface area contributed by atoms with Gasteiger partial charge in [-0.1, -0.05) is 0 Å². The van der Waals surface area contributed by atoms with E-state index in [1.165, 1.54) is 0 Å². The van der Waals surface area contributed by atoms with E-state index in [1.807, 2.05) is 0 Å². The number of amides is 1. The van der Waals surface area contributed by atoms with Crippen LogP contribution in [-0.2, 0) is 20.1 Å². The molecule has 0 atom stereocenters. The summed E-state index contributed by atoms with van der Waals surface area (Å²) < 4.78 is 10.9. The van der Waals surface area contributed by atoms with Gasteiger partial charge in [0.25, 0.3) is 11.7 Å². The van der Waals surface area contributed by atoms with Gasteiger partial charge in [0.1, 0.15) is 12.1 Å². The van der Waals surface area contributed by atoms with Gasteiger partial charge >= 0.3 is 0 Å². The molecule has 104 valence electrons. The summed E-state index contributed by atoms with van der Waals surface area (Å²) in [6, 6.07) is 8.24. The number of rotatable bonds is 2. The predicted molar refractivity (Wildman–Crippen MR) is 70.9 cm³/mol. The van der Waals surface area contributed by atoms with Crippen molar-refractivity contribution in [3.63, 3.8) is 0 Å². The third kappa shape index (κ3) is 1.99. The van der Waals surface area contributed by atoms with Crippen molar-refractivity contribution >= 4 is 23.0 Å². The van der Waals surface area contributed by atoms with E-state index < -0.39 is 5.79 Å². The fourth-order valence-corrected chi connectivity index (χ4v) is 2.22. The molecule has 8 heteroatoms. The van der Waals surface area contributed by atoms with Gasteiger partial charge in [-0.15, -0.1) is 0 Å². The summed E-state index contributed by atoms with van der Waals surface area (Å²) in [7, 11) is 0. The van der Waals surface area contributed by atoms with Crippen molar-refractivity contribution in [3.8, 4) is 12.1 Å². The van der Waals surface area contributed by atoms with Gasteiger partial charge in [0.2, 0.25) is 5.71 Å². The molecule has 0 aliphatic carbocycles. The zero-order chi connectivity index (χ0) is 14.9. The van der Waals surface area contributed by atoms with Crippen LogP contribution in [0.5, 0.6) is 0 Å². The average Bonchev–Trinajstić information content (AvgIpc) is 3.09. The fraction of sp³-hybridized carbons (Fsp3) is 0.231. The van der Waals surface area contributed by atoms with Gasteiger partial charge < -0.3 is 14.8 Å². The Labute approximate surface area is 119 Å². The van der Waals surface area contributed by atoms with Crippen molar-refractivity contribution in [2.45, 2.75) is 5.79 Å². The molecule has 0 saturated carbocycles. The minimum Gasteiger partial charge on any atom is -0.336 e. The Kier molecular flexibility index (Phi) is 3.03. The summed E-state index contributed by atoms with van der Waals surface area (Å²) in [4.78, 5) is 12.0. The highest BCUT2D eigenvalue weighted by atomic mass is 16.7. The predicted octanol–water partition coefficient (Wildman–Crippen LogP) is 0.653. The van der Waals surface area contributed by atoms with Crippen LogP contribution in [-0.4, -0.2) is 24.8 Å². The summed E-state index contributed by atoms with van der Waals surface area (Å²) >= 11 is 0. The molecule has 3 rings (SSSR count). The van der Waals surface area contributed by atoms with Gasteiger partial charge in [0.05, 0.1) is 24.6 Å². The molecule has 0 bridgehead atoms. The number of benzene rings is 1. The molecule has 0 unspecified atom stereocenters. The topological polar surface area (TPSA) is 120 Å². The zero-order valence-corrected chi connectivity index (χ0v) is 10.7. The van der Waals surface area contributed by atoms with E-state index in [9.17, 15) is 4.79 Å². The number of nitriles is 2. The molecule has 0 aromatic heterocycles. The monoisotopic (exact) mass is 283 g/mol. The van der Waals surface area contributed by atoms with Gasteiger partial charge in [-0.3, -0.25) is 10.2 Å². The zero-order valence-electron chi connectivity index (χ0n) is 10.7. The van der Waals surface area contributed by atoms with Crippen LogP contribution in [0.2, 0.25) is 0 Å². The van der Waals surface area contributed by atoms with E-state index in [2.05, 4.69) is 15.8 Å². The van der Waals surface area contributed by atoms with E-state index in [4.69, 9.17) is 20.0 Å².